The Morgan fingerprint density at radius 1 is 1.23 bits per heavy atom. The van der Waals surface area contributed by atoms with Crippen LogP contribution in [-0.4, -0.2) is 21.0 Å². The average molecular weight is 348 g/mol. The molecule has 0 amide bonds. The number of ether oxygens (including phenoxy) is 1. The number of hydrogen-bond acceptors (Lipinski definition) is 5. The minimum atomic E-state index is -1.39. The van der Waals surface area contributed by atoms with E-state index in [0.717, 1.165) is 5.56 Å². The Bertz CT molecular complexity index is 1050. The minimum Gasteiger partial charge on any atom is -0.487 e. The lowest BCUT2D eigenvalue weighted by Crippen LogP contribution is -2.09. The highest BCUT2D eigenvalue weighted by Gasteiger charge is 2.24. The second-order valence-corrected chi connectivity index (χ2v) is 5.32. The quantitative estimate of drug-likeness (QED) is 0.431. The van der Waals surface area contributed by atoms with E-state index in [1.165, 1.54) is 12.1 Å². The van der Waals surface area contributed by atoms with Gasteiger partial charge in [0.2, 0.25) is 0 Å². The molecule has 0 bridgehead atoms. The van der Waals surface area contributed by atoms with Crippen LogP contribution in [0.2, 0.25) is 0 Å². The third kappa shape index (κ3) is 3.03. The predicted molar refractivity (Wildman–Crippen MR) is 94.1 cm³/mol. The fraction of sp³-hybridized carbons (Fsp3) is 0.0526. The first-order chi connectivity index (χ1) is 12.5. The number of nitro benzene ring substituents is 1. The van der Waals surface area contributed by atoms with Crippen LogP contribution in [0.15, 0.2) is 48.5 Å². The van der Waals surface area contributed by atoms with Crippen LogP contribution in [0.4, 0.5) is 5.69 Å². The molecule has 2 aromatic carbocycles. The van der Waals surface area contributed by atoms with E-state index in [4.69, 9.17) is 11.2 Å². The number of nitrogens with zero attached hydrogens (tertiary/aromatic N) is 2. The van der Waals surface area contributed by atoms with Gasteiger partial charge < -0.3 is 9.84 Å². The molecule has 1 N–H and O–H groups in total. The number of carbonyl (C=O) groups is 1. The zero-order valence-electron chi connectivity index (χ0n) is 13.4. The third-order valence-electron chi connectivity index (χ3n) is 3.72. The number of hydrogen-bond donors (Lipinski definition) is 1. The number of non-ortho nitro benzene ring substituents is 1. The summed E-state index contributed by atoms with van der Waals surface area (Å²) in [4.78, 5) is 26.1. The van der Waals surface area contributed by atoms with Gasteiger partial charge in [0.25, 0.3) is 5.69 Å². The molecule has 7 nitrogen and oxygen atoms in total. The van der Waals surface area contributed by atoms with Crippen molar-refractivity contribution in [3.8, 4) is 18.1 Å². The van der Waals surface area contributed by atoms with E-state index < -0.39 is 16.6 Å². The first-order valence-corrected chi connectivity index (χ1v) is 7.50. The average Bonchev–Trinajstić information content (AvgIpc) is 2.65. The number of fused-ring (bicyclic) bond motifs is 1. The summed E-state index contributed by atoms with van der Waals surface area (Å²) in [7, 11) is 0. The van der Waals surface area contributed by atoms with Gasteiger partial charge in [0.05, 0.1) is 10.3 Å². The van der Waals surface area contributed by atoms with Crippen molar-refractivity contribution in [1.82, 2.24) is 4.98 Å². The molecule has 1 heterocycles. The second-order valence-electron chi connectivity index (χ2n) is 5.32. The van der Waals surface area contributed by atoms with Crippen molar-refractivity contribution in [1.29, 1.82) is 0 Å². The summed E-state index contributed by atoms with van der Waals surface area (Å²) in [6.45, 7) is 0.121. The molecule has 3 rings (SSSR count). The maximum Gasteiger partial charge on any atom is 0.355 e. The molecular formula is C19H12N2O5. The van der Waals surface area contributed by atoms with Gasteiger partial charge in [-0.3, -0.25) is 10.1 Å². The lowest BCUT2D eigenvalue weighted by atomic mass is 10.1. The molecule has 0 aliphatic rings. The number of benzene rings is 2. The van der Waals surface area contributed by atoms with Gasteiger partial charge in [0.15, 0.2) is 11.2 Å². The first kappa shape index (κ1) is 16.9. The fourth-order valence-electron chi connectivity index (χ4n) is 2.56. The first-order valence-electron chi connectivity index (χ1n) is 7.50. The maximum absolute atomic E-state index is 11.5. The molecule has 0 atom stereocenters. The molecule has 0 fully saturated rings. The molecule has 128 valence electrons. The minimum absolute atomic E-state index is 0.0542. The van der Waals surface area contributed by atoms with E-state index in [0.29, 0.717) is 0 Å². The largest absolute Gasteiger partial charge is 0.487 e. The molecule has 0 aliphatic heterocycles. The van der Waals surface area contributed by atoms with Crippen LogP contribution in [-0.2, 0) is 6.61 Å². The summed E-state index contributed by atoms with van der Waals surface area (Å²) >= 11 is 0. The molecule has 0 unspecified atom stereocenters. The SMILES string of the molecule is C#Cc1c(C(=O)O)nc2c([N+](=O)[O-])cccc2c1OCc1ccccc1. The van der Waals surface area contributed by atoms with Gasteiger partial charge in [0.1, 0.15) is 17.9 Å². The highest BCUT2D eigenvalue weighted by atomic mass is 16.6. The number of aromatic nitrogens is 1. The van der Waals surface area contributed by atoms with Crippen molar-refractivity contribution in [2.24, 2.45) is 0 Å². The monoisotopic (exact) mass is 348 g/mol. The van der Waals surface area contributed by atoms with Gasteiger partial charge in [0, 0.05) is 6.07 Å². The summed E-state index contributed by atoms with van der Waals surface area (Å²) in [5, 5.41) is 21.0. The van der Waals surface area contributed by atoms with Crippen LogP contribution in [0.1, 0.15) is 21.6 Å². The molecule has 0 saturated carbocycles. The van der Waals surface area contributed by atoms with Gasteiger partial charge in [-0.05, 0) is 11.6 Å². The topological polar surface area (TPSA) is 103 Å². The lowest BCUT2D eigenvalue weighted by Gasteiger charge is -2.13. The van der Waals surface area contributed by atoms with Crippen molar-refractivity contribution >= 4 is 22.6 Å². The Balaban J connectivity index is 2.24. The Kier molecular flexibility index (Phi) is 4.50. The molecule has 3 aromatic rings. The van der Waals surface area contributed by atoms with Crippen molar-refractivity contribution in [2.45, 2.75) is 6.61 Å². The van der Waals surface area contributed by atoms with Crippen LogP contribution in [0.25, 0.3) is 10.9 Å². The maximum atomic E-state index is 11.5. The number of carboxylic acid groups (broad SMARTS) is 1. The highest BCUT2D eigenvalue weighted by molar-refractivity contribution is 6.00. The van der Waals surface area contributed by atoms with Crippen molar-refractivity contribution in [3.05, 3.63) is 75.5 Å². The Morgan fingerprint density at radius 3 is 2.58 bits per heavy atom. The molecule has 0 saturated heterocycles. The predicted octanol–water partition coefficient (Wildman–Crippen LogP) is 3.40. The van der Waals surface area contributed by atoms with E-state index in [1.807, 2.05) is 30.3 Å². The summed E-state index contributed by atoms with van der Waals surface area (Å²) in [6, 6.07) is 13.5. The Hall–Kier alpha value is -3.92. The van der Waals surface area contributed by atoms with E-state index in [9.17, 15) is 20.0 Å². The van der Waals surface area contributed by atoms with Crippen LogP contribution in [0.3, 0.4) is 0 Å². The van der Waals surface area contributed by atoms with Gasteiger partial charge >= 0.3 is 5.97 Å². The van der Waals surface area contributed by atoms with E-state index >= 15 is 0 Å². The van der Waals surface area contributed by atoms with Crippen molar-refractivity contribution < 1.29 is 19.6 Å². The molecule has 7 heteroatoms. The number of para-hydroxylation sites is 1. The molecule has 1 aromatic heterocycles. The van der Waals surface area contributed by atoms with Gasteiger partial charge in [-0.15, -0.1) is 6.42 Å². The molecule has 26 heavy (non-hydrogen) atoms. The van der Waals surface area contributed by atoms with E-state index in [-0.39, 0.29) is 34.5 Å². The highest BCUT2D eigenvalue weighted by Crippen LogP contribution is 2.35. The van der Waals surface area contributed by atoms with E-state index in [2.05, 4.69) is 10.9 Å². The van der Waals surface area contributed by atoms with Gasteiger partial charge in [-0.25, -0.2) is 9.78 Å². The van der Waals surface area contributed by atoms with Crippen LogP contribution in [0.5, 0.6) is 5.75 Å². The van der Waals surface area contributed by atoms with E-state index in [1.54, 1.807) is 6.07 Å². The number of carboxylic acids is 1. The second kappa shape index (κ2) is 6.91. The van der Waals surface area contributed by atoms with Gasteiger partial charge in [-0.1, -0.05) is 42.3 Å². The Labute approximate surface area is 148 Å². The summed E-state index contributed by atoms with van der Waals surface area (Å²) in [5.41, 5.74) is -0.0865. The smallest absolute Gasteiger partial charge is 0.355 e. The molecule has 0 aliphatic carbocycles. The summed E-state index contributed by atoms with van der Waals surface area (Å²) in [5.74, 6) is 0.984. The molecular weight excluding hydrogens is 336 g/mol. The zero-order valence-corrected chi connectivity index (χ0v) is 13.4. The number of terminal acetylenes is 1. The Morgan fingerprint density at radius 2 is 1.96 bits per heavy atom. The number of pyridine rings is 1. The van der Waals surface area contributed by atoms with Crippen LogP contribution >= 0.6 is 0 Å². The number of aromatic carboxylic acids is 1. The number of rotatable bonds is 5. The van der Waals surface area contributed by atoms with Gasteiger partial charge in [-0.2, -0.15) is 0 Å². The van der Waals surface area contributed by atoms with Crippen molar-refractivity contribution in [2.75, 3.05) is 0 Å². The lowest BCUT2D eigenvalue weighted by molar-refractivity contribution is -0.383. The molecule has 0 spiro atoms. The van der Waals surface area contributed by atoms with Crippen LogP contribution in [0, 0.1) is 22.5 Å². The summed E-state index contributed by atoms with van der Waals surface area (Å²) in [6.07, 6.45) is 5.48. The third-order valence-corrected chi connectivity index (χ3v) is 3.72. The molecule has 0 radical (unpaired) electrons. The standard InChI is InChI=1S/C19H12N2O5/c1-2-13-17(19(22)23)20-16-14(9-6-10-15(16)21(24)25)18(13)26-11-12-7-4-3-5-8-12/h1,3-10H,11H2,(H,22,23). The van der Waals surface area contributed by atoms with Crippen LogP contribution < -0.4 is 4.74 Å². The summed E-state index contributed by atoms with van der Waals surface area (Å²) < 4.78 is 5.78. The van der Waals surface area contributed by atoms with Crippen molar-refractivity contribution in [3.63, 3.8) is 0 Å². The zero-order chi connectivity index (χ0) is 18.7. The number of nitro groups is 1. The normalized spacial score (nSPS) is 10.3. The fourth-order valence-corrected chi connectivity index (χ4v) is 2.56.